The van der Waals surface area contributed by atoms with E-state index in [9.17, 15) is 0 Å². The maximum Gasteiger partial charge on any atom is 0.124 e. The Balaban J connectivity index is 2.81. The van der Waals surface area contributed by atoms with Crippen molar-refractivity contribution in [2.24, 2.45) is 0 Å². The fourth-order valence-corrected chi connectivity index (χ4v) is 1.87. The molecule has 0 aliphatic rings. The Morgan fingerprint density at radius 3 is 2.89 bits per heavy atom. The second-order valence-electron chi connectivity index (χ2n) is 4.24. The third-order valence-electron chi connectivity index (χ3n) is 2.71. The summed E-state index contributed by atoms with van der Waals surface area (Å²) in [7, 11) is 0. The first-order valence-corrected chi connectivity index (χ1v) is 6.83. The van der Waals surface area contributed by atoms with Gasteiger partial charge >= 0.3 is 0 Å². The van der Waals surface area contributed by atoms with Gasteiger partial charge in [0.25, 0.3) is 0 Å². The van der Waals surface area contributed by atoms with Crippen molar-refractivity contribution in [2.75, 3.05) is 13.2 Å². The number of hydrogen-bond acceptors (Lipinski definition) is 2. The Morgan fingerprint density at radius 1 is 1.44 bits per heavy atom. The molecule has 0 saturated heterocycles. The minimum Gasteiger partial charge on any atom is -0.489 e. The van der Waals surface area contributed by atoms with Crippen LogP contribution in [0.5, 0.6) is 5.75 Å². The summed E-state index contributed by atoms with van der Waals surface area (Å²) in [5.74, 6) is 0.897. The van der Waals surface area contributed by atoms with Crippen molar-refractivity contribution in [2.45, 2.75) is 33.2 Å². The number of benzene rings is 1. The van der Waals surface area contributed by atoms with Crippen molar-refractivity contribution in [3.8, 4) is 5.75 Å². The molecule has 1 rings (SSSR count). The smallest absolute Gasteiger partial charge is 0.124 e. The molecule has 100 valence electrons. The summed E-state index contributed by atoms with van der Waals surface area (Å²) < 4.78 is 5.75. The van der Waals surface area contributed by atoms with Gasteiger partial charge in [-0.1, -0.05) is 30.7 Å². The zero-order chi connectivity index (χ0) is 13.4. The topological polar surface area (TPSA) is 21.3 Å². The fraction of sp³-hybridized carbons (Fsp3) is 0.467. The van der Waals surface area contributed by atoms with Crippen LogP contribution in [0.4, 0.5) is 0 Å². The summed E-state index contributed by atoms with van der Waals surface area (Å²) in [6, 6.07) is 6.01. The average Bonchev–Trinajstić information content (AvgIpc) is 2.38. The van der Waals surface area contributed by atoms with E-state index in [0.29, 0.717) is 6.61 Å². The second kappa shape index (κ2) is 8.17. The molecule has 0 aromatic heterocycles. The summed E-state index contributed by atoms with van der Waals surface area (Å²) >= 11 is 6.06. The lowest BCUT2D eigenvalue weighted by atomic mass is 10.1. The van der Waals surface area contributed by atoms with E-state index in [2.05, 4.69) is 19.2 Å². The summed E-state index contributed by atoms with van der Waals surface area (Å²) in [5.41, 5.74) is 1.11. The molecule has 0 radical (unpaired) electrons. The average molecular weight is 268 g/mol. The van der Waals surface area contributed by atoms with Crippen molar-refractivity contribution in [3.63, 3.8) is 0 Å². The van der Waals surface area contributed by atoms with Crippen LogP contribution in [0.3, 0.4) is 0 Å². The van der Waals surface area contributed by atoms with Gasteiger partial charge in [0.15, 0.2) is 0 Å². The maximum absolute atomic E-state index is 6.06. The Morgan fingerprint density at radius 2 is 2.22 bits per heavy atom. The van der Waals surface area contributed by atoms with E-state index in [4.69, 9.17) is 16.3 Å². The molecule has 1 aromatic carbocycles. The van der Waals surface area contributed by atoms with Gasteiger partial charge in [-0.05, 0) is 45.0 Å². The molecule has 1 aromatic rings. The highest BCUT2D eigenvalue weighted by Gasteiger charge is 2.11. The minimum absolute atomic E-state index is 0.240. The molecular weight excluding hydrogens is 246 g/mol. The number of hydrogen-bond donors (Lipinski definition) is 1. The van der Waals surface area contributed by atoms with Crippen LogP contribution in [0, 0.1) is 0 Å². The second-order valence-corrected chi connectivity index (χ2v) is 4.67. The van der Waals surface area contributed by atoms with Crippen LogP contribution in [-0.2, 0) is 0 Å². The number of rotatable bonds is 7. The van der Waals surface area contributed by atoms with Crippen LogP contribution in [0.15, 0.2) is 30.4 Å². The van der Waals surface area contributed by atoms with E-state index in [1.165, 1.54) is 0 Å². The van der Waals surface area contributed by atoms with Crippen LogP contribution >= 0.6 is 11.6 Å². The molecule has 2 nitrogen and oxygen atoms in total. The predicted molar refractivity (Wildman–Crippen MR) is 78.5 cm³/mol. The van der Waals surface area contributed by atoms with Crippen LogP contribution in [-0.4, -0.2) is 13.2 Å². The van der Waals surface area contributed by atoms with Crippen LogP contribution in [0.2, 0.25) is 5.02 Å². The molecule has 0 heterocycles. The highest BCUT2D eigenvalue weighted by molar-refractivity contribution is 6.30. The molecule has 0 aliphatic carbocycles. The number of halogens is 1. The van der Waals surface area contributed by atoms with E-state index in [1.807, 2.05) is 37.3 Å². The van der Waals surface area contributed by atoms with E-state index >= 15 is 0 Å². The number of ether oxygens (including phenoxy) is 1. The molecule has 0 fully saturated rings. The van der Waals surface area contributed by atoms with Gasteiger partial charge in [-0.15, -0.1) is 0 Å². The van der Waals surface area contributed by atoms with Gasteiger partial charge in [-0.2, -0.15) is 0 Å². The summed E-state index contributed by atoms with van der Waals surface area (Å²) in [6.45, 7) is 7.84. The predicted octanol–water partition coefficient (Wildman–Crippen LogP) is 4.36. The molecular formula is C15H22ClNO. The monoisotopic (exact) mass is 267 g/mol. The van der Waals surface area contributed by atoms with Crippen molar-refractivity contribution in [3.05, 3.63) is 40.9 Å². The molecule has 0 aliphatic heterocycles. The standard InChI is InChI=1S/C15H22ClNO/c1-4-6-10-18-15-8-7-13(16)11-14(15)12(3)17-9-5-2/h4,6-8,11-12,17H,5,9-10H2,1-3H3. The fourth-order valence-electron chi connectivity index (χ4n) is 1.69. The number of nitrogens with one attached hydrogen (secondary N) is 1. The largest absolute Gasteiger partial charge is 0.489 e. The van der Waals surface area contributed by atoms with E-state index in [-0.39, 0.29) is 6.04 Å². The van der Waals surface area contributed by atoms with Crippen molar-refractivity contribution < 1.29 is 4.74 Å². The van der Waals surface area contributed by atoms with Gasteiger partial charge in [-0.25, -0.2) is 0 Å². The zero-order valence-corrected chi connectivity index (χ0v) is 12.1. The normalized spacial score (nSPS) is 12.9. The Labute approximate surface area is 115 Å². The Kier molecular flexibility index (Phi) is 6.84. The Hall–Kier alpha value is -0.990. The summed E-state index contributed by atoms with van der Waals surface area (Å²) in [5, 5.41) is 4.19. The lowest BCUT2D eigenvalue weighted by molar-refractivity contribution is 0.353. The maximum atomic E-state index is 6.06. The lowest BCUT2D eigenvalue weighted by Gasteiger charge is -2.18. The van der Waals surface area contributed by atoms with Gasteiger partial charge < -0.3 is 10.1 Å². The zero-order valence-electron chi connectivity index (χ0n) is 11.4. The first kappa shape index (κ1) is 15.1. The van der Waals surface area contributed by atoms with Crippen molar-refractivity contribution in [1.29, 1.82) is 0 Å². The van der Waals surface area contributed by atoms with Gasteiger partial charge in [0.2, 0.25) is 0 Å². The quantitative estimate of drug-likeness (QED) is 0.742. The molecule has 0 bridgehead atoms. The van der Waals surface area contributed by atoms with Gasteiger partial charge in [0, 0.05) is 16.6 Å². The lowest BCUT2D eigenvalue weighted by Crippen LogP contribution is -2.20. The Bertz CT molecular complexity index is 390. The van der Waals surface area contributed by atoms with E-state index in [0.717, 1.165) is 29.3 Å². The molecule has 1 unspecified atom stereocenters. The van der Waals surface area contributed by atoms with Gasteiger partial charge in [0.1, 0.15) is 12.4 Å². The molecule has 0 saturated carbocycles. The van der Waals surface area contributed by atoms with E-state index < -0.39 is 0 Å². The van der Waals surface area contributed by atoms with Crippen LogP contribution in [0.1, 0.15) is 38.8 Å². The third-order valence-corrected chi connectivity index (χ3v) is 2.94. The molecule has 18 heavy (non-hydrogen) atoms. The molecule has 0 spiro atoms. The first-order valence-electron chi connectivity index (χ1n) is 6.45. The van der Waals surface area contributed by atoms with Gasteiger partial charge in [-0.3, -0.25) is 0 Å². The third kappa shape index (κ3) is 4.71. The highest BCUT2D eigenvalue weighted by Crippen LogP contribution is 2.28. The van der Waals surface area contributed by atoms with Gasteiger partial charge in [0.05, 0.1) is 0 Å². The van der Waals surface area contributed by atoms with Crippen molar-refractivity contribution >= 4 is 11.6 Å². The molecule has 1 atom stereocenters. The minimum atomic E-state index is 0.240. The SMILES string of the molecule is CC=CCOc1ccc(Cl)cc1C(C)NCCC. The molecule has 3 heteroatoms. The van der Waals surface area contributed by atoms with E-state index in [1.54, 1.807) is 0 Å². The van der Waals surface area contributed by atoms with Crippen molar-refractivity contribution in [1.82, 2.24) is 5.32 Å². The van der Waals surface area contributed by atoms with Crippen LogP contribution < -0.4 is 10.1 Å². The first-order chi connectivity index (χ1) is 8.69. The highest BCUT2D eigenvalue weighted by atomic mass is 35.5. The summed E-state index contributed by atoms with van der Waals surface area (Å²) in [4.78, 5) is 0. The molecule has 1 N–H and O–H groups in total. The number of allylic oxidation sites excluding steroid dienone is 1. The molecule has 0 amide bonds. The summed E-state index contributed by atoms with van der Waals surface area (Å²) in [6.07, 6.45) is 5.08. The van der Waals surface area contributed by atoms with Crippen LogP contribution in [0.25, 0.3) is 0 Å².